The quantitative estimate of drug-likeness (QED) is 0.602. The summed E-state index contributed by atoms with van der Waals surface area (Å²) in [5.41, 5.74) is 0. The Balaban J connectivity index is 4.34. The molecule has 0 spiro atoms. The molecule has 0 saturated carbocycles. The van der Waals surface area contributed by atoms with Crippen molar-refractivity contribution in [3.05, 3.63) is 6.17 Å². The molecule has 0 fully saturated rings. The first-order valence-electron chi connectivity index (χ1n) is 3.19. The van der Waals surface area contributed by atoms with Crippen LogP contribution in [0.15, 0.2) is 0 Å². The molecule has 0 aliphatic rings. The number of alkyl halides is 5. The summed E-state index contributed by atoms with van der Waals surface area (Å²) in [6.45, 7) is 1.25. The van der Waals surface area contributed by atoms with Gasteiger partial charge in [0.15, 0.2) is 0 Å². The van der Waals surface area contributed by atoms with E-state index in [1.54, 1.807) is 0 Å². The summed E-state index contributed by atoms with van der Waals surface area (Å²) in [6, 6.07) is 0. The molecule has 6 heteroatoms. The van der Waals surface area contributed by atoms with E-state index in [-0.39, 0.29) is 6.42 Å². The smallest absolute Gasteiger partial charge is 0.223 e. The predicted octanol–water partition coefficient (Wildman–Crippen LogP) is 3.49. The van der Waals surface area contributed by atoms with Crippen LogP contribution in [0, 0.1) is 6.17 Å². The van der Waals surface area contributed by atoms with Crippen molar-refractivity contribution in [1.29, 1.82) is 0 Å². The van der Waals surface area contributed by atoms with Gasteiger partial charge in [-0.3, -0.25) is 0 Å². The van der Waals surface area contributed by atoms with Crippen molar-refractivity contribution >= 4 is 0 Å². The van der Waals surface area contributed by atoms with E-state index in [1.165, 1.54) is 6.92 Å². The van der Waals surface area contributed by atoms with Gasteiger partial charge >= 0.3 is 12.3 Å². The number of halogens is 6. The lowest BCUT2D eigenvalue weighted by Crippen LogP contribution is -2.34. The molecule has 0 aromatic carbocycles. The summed E-state index contributed by atoms with van der Waals surface area (Å²) in [5.74, 6) is -4.38. The molecule has 1 radical (unpaired) electrons. The third-order valence-corrected chi connectivity index (χ3v) is 1.13. The summed E-state index contributed by atoms with van der Waals surface area (Å²) in [7, 11) is 0. The van der Waals surface area contributed by atoms with Gasteiger partial charge in [-0.1, -0.05) is 13.3 Å². The summed E-state index contributed by atoms with van der Waals surface area (Å²) < 4.78 is 70.4. The Kier molecular flexibility index (Phi) is 3.41. The molecule has 0 N–H and O–H groups in total. The van der Waals surface area contributed by atoms with Gasteiger partial charge in [0.2, 0.25) is 0 Å². The molecule has 0 saturated heterocycles. The van der Waals surface area contributed by atoms with Crippen molar-refractivity contribution in [3.63, 3.8) is 0 Å². The molecular formula is C6H7F6. The molecule has 0 heterocycles. The van der Waals surface area contributed by atoms with Gasteiger partial charge in [-0.2, -0.15) is 13.2 Å². The Morgan fingerprint density at radius 3 is 1.75 bits per heavy atom. The van der Waals surface area contributed by atoms with Crippen LogP contribution in [-0.2, 0) is 0 Å². The molecule has 0 atom stereocenters. The van der Waals surface area contributed by atoms with Gasteiger partial charge in [0.25, 0.3) is 5.92 Å². The SMILES string of the molecule is CCCC(F)(F)[C](F)C(F)(F)F. The highest BCUT2D eigenvalue weighted by molar-refractivity contribution is 4.99. The van der Waals surface area contributed by atoms with Crippen LogP contribution in [0.2, 0.25) is 0 Å². The Labute approximate surface area is 65.6 Å². The fraction of sp³-hybridized carbons (Fsp3) is 0.833. The lowest BCUT2D eigenvalue weighted by molar-refractivity contribution is -0.192. The monoisotopic (exact) mass is 193 g/mol. The lowest BCUT2D eigenvalue weighted by Gasteiger charge is -2.20. The van der Waals surface area contributed by atoms with Crippen LogP contribution in [0.1, 0.15) is 19.8 Å². The van der Waals surface area contributed by atoms with Gasteiger partial charge in [-0.05, 0) is 0 Å². The summed E-state index contributed by atoms with van der Waals surface area (Å²) in [4.78, 5) is 0. The fourth-order valence-corrected chi connectivity index (χ4v) is 0.631. The maximum atomic E-state index is 12.2. The summed E-state index contributed by atoms with van der Waals surface area (Å²) in [6.07, 6.45) is -10.1. The first-order valence-corrected chi connectivity index (χ1v) is 3.19. The zero-order valence-electron chi connectivity index (χ0n) is 6.18. The number of rotatable bonds is 3. The second-order valence-electron chi connectivity index (χ2n) is 2.27. The van der Waals surface area contributed by atoms with E-state index in [1.807, 2.05) is 0 Å². The molecule has 0 aromatic heterocycles. The Hall–Kier alpha value is -0.420. The molecule has 0 aliphatic carbocycles. The molecule has 0 rings (SSSR count). The van der Waals surface area contributed by atoms with Gasteiger partial charge in [0.05, 0.1) is 0 Å². The molecular weight excluding hydrogens is 186 g/mol. The number of hydrogen-bond donors (Lipinski definition) is 0. The normalized spacial score (nSPS) is 14.0. The van der Waals surface area contributed by atoms with Crippen LogP contribution in [0.5, 0.6) is 0 Å². The molecule has 0 aliphatic heterocycles. The Morgan fingerprint density at radius 2 is 1.50 bits per heavy atom. The minimum absolute atomic E-state index is 0.212. The number of hydrogen-bond acceptors (Lipinski definition) is 0. The van der Waals surface area contributed by atoms with Crippen molar-refractivity contribution in [2.75, 3.05) is 0 Å². The van der Waals surface area contributed by atoms with Gasteiger partial charge in [0.1, 0.15) is 0 Å². The van der Waals surface area contributed by atoms with E-state index in [0.29, 0.717) is 0 Å². The molecule has 12 heavy (non-hydrogen) atoms. The zero-order chi connectivity index (χ0) is 9.99. The first kappa shape index (κ1) is 11.6. The third kappa shape index (κ3) is 2.91. The summed E-state index contributed by atoms with van der Waals surface area (Å²) >= 11 is 0. The molecule has 0 amide bonds. The Bertz CT molecular complexity index is 137. The molecule has 73 valence electrons. The van der Waals surface area contributed by atoms with Crippen LogP contribution >= 0.6 is 0 Å². The lowest BCUT2D eigenvalue weighted by atomic mass is 10.1. The topological polar surface area (TPSA) is 0 Å². The fourth-order valence-electron chi connectivity index (χ4n) is 0.631. The second kappa shape index (κ2) is 3.53. The highest BCUT2D eigenvalue weighted by Gasteiger charge is 2.57. The van der Waals surface area contributed by atoms with Gasteiger partial charge in [-0.25, -0.2) is 13.2 Å². The van der Waals surface area contributed by atoms with Crippen molar-refractivity contribution in [2.24, 2.45) is 0 Å². The van der Waals surface area contributed by atoms with E-state index >= 15 is 0 Å². The maximum absolute atomic E-state index is 12.2. The predicted molar refractivity (Wildman–Crippen MR) is 30.3 cm³/mol. The van der Waals surface area contributed by atoms with E-state index in [0.717, 1.165) is 0 Å². The van der Waals surface area contributed by atoms with Gasteiger partial charge in [0, 0.05) is 6.42 Å². The van der Waals surface area contributed by atoms with Crippen LogP contribution in [0.3, 0.4) is 0 Å². The highest BCUT2D eigenvalue weighted by atomic mass is 19.4. The van der Waals surface area contributed by atoms with Crippen molar-refractivity contribution < 1.29 is 26.3 Å². The van der Waals surface area contributed by atoms with Crippen LogP contribution in [-0.4, -0.2) is 12.1 Å². The molecule has 0 bridgehead atoms. The van der Waals surface area contributed by atoms with Gasteiger partial charge < -0.3 is 0 Å². The van der Waals surface area contributed by atoms with E-state index in [4.69, 9.17) is 0 Å². The zero-order valence-corrected chi connectivity index (χ0v) is 6.18. The molecule has 0 unspecified atom stereocenters. The molecule has 0 aromatic rings. The van der Waals surface area contributed by atoms with Crippen LogP contribution in [0.25, 0.3) is 0 Å². The average molecular weight is 193 g/mol. The molecule has 0 nitrogen and oxygen atoms in total. The van der Waals surface area contributed by atoms with Gasteiger partial charge in [-0.15, -0.1) is 0 Å². The van der Waals surface area contributed by atoms with E-state index < -0.39 is 24.7 Å². The maximum Gasteiger partial charge on any atom is 0.432 e. The largest absolute Gasteiger partial charge is 0.432 e. The van der Waals surface area contributed by atoms with Crippen molar-refractivity contribution in [3.8, 4) is 0 Å². The second-order valence-corrected chi connectivity index (χ2v) is 2.27. The third-order valence-electron chi connectivity index (χ3n) is 1.13. The minimum atomic E-state index is -5.56. The minimum Gasteiger partial charge on any atom is -0.223 e. The van der Waals surface area contributed by atoms with Crippen molar-refractivity contribution in [1.82, 2.24) is 0 Å². The average Bonchev–Trinajstić information content (AvgIpc) is 1.84. The summed E-state index contributed by atoms with van der Waals surface area (Å²) in [5, 5.41) is 0. The van der Waals surface area contributed by atoms with Crippen LogP contribution < -0.4 is 0 Å². The van der Waals surface area contributed by atoms with E-state index in [9.17, 15) is 26.3 Å². The van der Waals surface area contributed by atoms with E-state index in [2.05, 4.69) is 0 Å². The van der Waals surface area contributed by atoms with Crippen LogP contribution in [0.4, 0.5) is 26.3 Å². The highest BCUT2D eigenvalue weighted by Crippen LogP contribution is 2.43. The van der Waals surface area contributed by atoms with Crippen molar-refractivity contribution in [2.45, 2.75) is 31.9 Å². The Morgan fingerprint density at radius 1 is 1.08 bits per heavy atom. The standard InChI is InChI=1S/C6H7F6/c1-2-3-5(8,9)4(7)6(10,11)12/h2-3H2,1H3. The first-order chi connectivity index (χ1) is 5.22.